The highest BCUT2D eigenvalue weighted by Gasteiger charge is 2.48. The smallest absolute Gasteiger partial charge is 0.408 e. The number of H-pyrrole nitrogens is 1. The molecule has 0 spiro atoms. The van der Waals surface area contributed by atoms with E-state index in [4.69, 9.17) is 28.9 Å². The molecular weight excluding hydrogens is 636 g/mol. The minimum Gasteiger partial charge on any atom is -0.465 e. The van der Waals surface area contributed by atoms with Gasteiger partial charge in [-0.3, -0.25) is 19.3 Å². The van der Waals surface area contributed by atoms with Crippen molar-refractivity contribution in [1.82, 2.24) is 20.5 Å². The normalized spacial score (nSPS) is 19.3. The fourth-order valence-electron chi connectivity index (χ4n) is 6.13. The Kier molecular flexibility index (Phi) is 10.9. The van der Waals surface area contributed by atoms with Gasteiger partial charge in [0.25, 0.3) is 0 Å². The van der Waals surface area contributed by atoms with E-state index in [0.717, 1.165) is 10.6 Å². The van der Waals surface area contributed by atoms with E-state index >= 15 is 0 Å². The lowest BCUT2D eigenvalue weighted by atomic mass is 9.78. The van der Waals surface area contributed by atoms with E-state index < -0.39 is 53.5 Å². The summed E-state index contributed by atoms with van der Waals surface area (Å²) < 4.78 is 14.9. The molecule has 4 amide bonds. The van der Waals surface area contributed by atoms with E-state index in [0.29, 0.717) is 44.9 Å². The Labute approximate surface area is 277 Å². The number of primary amides is 1. The third-order valence-corrected chi connectivity index (χ3v) is 9.69. The third-order valence-electron chi connectivity index (χ3n) is 9.17. The number of carbonyl (C=O) groups is 4. The maximum Gasteiger partial charge on any atom is 0.408 e. The van der Waals surface area contributed by atoms with Gasteiger partial charge < -0.3 is 26.5 Å². The number of aromatic amines is 1. The molecule has 1 aliphatic carbocycles. The Bertz CT molecular complexity index is 1620. The van der Waals surface area contributed by atoms with Gasteiger partial charge in [-0.25, -0.2) is 9.18 Å². The molecule has 0 aliphatic heterocycles. The van der Waals surface area contributed by atoms with Crippen molar-refractivity contribution < 1.29 is 28.7 Å². The van der Waals surface area contributed by atoms with Crippen LogP contribution in [0.5, 0.6) is 0 Å². The highest BCUT2D eigenvalue weighted by molar-refractivity contribution is 6.38. The Morgan fingerprint density at radius 2 is 1.80 bits per heavy atom. The molecule has 0 radical (unpaired) electrons. The molecule has 10 nitrogen and oxygen atoms in total. The zero-order valence-corrected chi connectivity index (χ0v) is 27.7. The standard InChI is InChI=1S/C33H40Cl2FN5O5/c1-5-17(2)26(29(37)42)39-31(44)33(12-11-25-23(15-33)22-13-21(34)14-24(35)27(22)38-25)40-30(43)28(18(3)19(4)36)41(32(45)46)16-20-9-7-6-8-10-20/h6-10,13-14,17-19,26,28,38H,5,11-12,15-16H2,1-4H3,(H2,37,42)(H,39,44)(H,40,43)(H,45,46)/t17-,18?,19?,26-,28?,33+/m0/s1. The van der Waals surface area contributed by atoms with Gasteiger partial charge in [0.05, 0.1) is 10.5 Å². The highest BCUT2D eigenvalue weighted by Crippen LogP contribution is 2.38. The van der Waals surface area contributed by atoms with Gasteiger partial charge in [-0.2, -0.15) is 0 Å². The van der Waals surface area contributed by atoms with E-state index in [-0.39, 0.29) is 25.3 Å². The zero-order chi connectivity index (χ0) is 33.9. The first kappa shape index (κ1) is 35.0. The van der Waals surface area contributed by atoms with Gasteiger partial charge in [-0.1, -0.05) is 80.7 Å². The van der Waals surface area contributed by atoms with Crippen molar-refractivity contribution in [3.05, 3.63) is 69.3 Å². The number of carboxylic acid groups (broad SMARTS) is 1. The molecule has 6 N–H and O–H groups in total. The van der Waals surface area contributed by atoms with E-state index in [2.05, 4.69) is 15.6 Å². The minimum absolute atomic E-state index is 0.0411. The largest absolute Gasteiger partial charge is 0.465 e. The summed E-state index contributed by atoms with van der Waals surface area (Å²) in [6.07, 6.45) is -2.12. The molecule has 0 fully saturated rings. The molecule has 13 heteroatoms. The molecule has 3 aromatic rings. The summed E-state index contributed by atoms with van der Waals surface area (Å²) in [5.41, 5.74) is 6.71. The monoisotopic (exact) mass is 675 g/mol. The summed E-state index contributed by atoms with van der Waals surface area (Å²) >= 11 is 12.8. The molecule has 1 heterocycles. The average molecular weight is 677 g/mol. The van der Waals surface area contributed by atoms with Crippen molar-refractivity contribution in [2.75, 3.05) is 0 Å². The summed E-state index contributed by atoms with van der Waals surface area (Å²) in [6.45, 7) is 6.15. The molecule has 248 valence electrons. The van der Waals surface area contributed by atoms with Crippen LogP contribution in [0.25, 0.3) is 10.9 Å². The third kappa shape index (κ3) is 7.25. The van der Waals surface area contributed by atoms with Crippen LogP contribution >= 0.6 is 23.2 Å². The predicted molar refractivity (Wildman–Crippen MR) is 175 cm³/mol. The Hall–Kier alpha value is -3.83. The lowest BCUT2D eigenvalue weighted by molar-refractivity contribution is -0.139. The predicted octanol–water partition coefficient (Wildman–Crippen LogP) is 5.38. The SMILES string of the molecule is CC[C@H](C)[C@H](NC(=O)[C@@]1(NC(=O)C(C(C)C(C)F)N(Cc2ccccc2)C(=O)O)CCc2[nH]c3c(Cl)cc(Cl)cc3c2C1)C(N)=O. The van der Waals surface area contributed by atoms with Crippen LogP contribution in [0.2, 0.25) is 10.0 Å². The number of alkyl halides is 1. The van der Waals surface area contributed by atoms with E-state index in [1.54, 1.807) is 49.4 Å². The number of aromatic nitrogens is 1. The minimum atomic E-state index is -1.66. The Morgan fingerprint density at radius 1 is 1.13 bits per heavy atom. The zero-order valence-electron chi connectivity index (χ0n) is 26.2. The molecule has 6 atom stereocenters. The van der Waals surface area contributed by atoms with Gasteiger partial charge in [0.15, 0.2) is 0 Å². The number of nitrogens with one attached hydrogen (secondary N) is 3. The number of nitrogens with zero attached hydrogens (tertiary/aromatic N) is 1. The van der Waals surface area contributed by atoms with Crippen LogP contribution in [-0.2, 0) is 33.8 Å². The van der Waals surface area contributed by atoms with Crippen LogP contribution in [0.1, 0.15) is 57.4 Å². The van der Waals surface area contributed by atoms with E-state index in [1.807, 2.05) is 6.92 Å². The maximum atomic E-state index is 14.9. The van der Waals surface area contributed by atoms with E-state index in [1.165, 1.54) is 13.8 Å². The number of benzene rings is 2. The number of aryl methyl sites for hydroxylation is 1. The van der Waals surface area contributed by atoms with Crippen LogP contribution in [0.3, 0.4) is 0 Å². The number of fused-ring (bicyclic) bond motifs is 3. The van der Waals surface area contributed by atoms with Crippen LogP contribution in [-0.4, -0.2) is 62.6 Å². The summed E-state index contributed by atoms with van der Waals surface area (Å²) in [4.78, 5) is 57.9. The number of halogens is 3. The van der Waals surface area contributed by atoms with Gasteiger partial charge in [0.2, 0.25) is 17.7 Å². The van der Waals surface area contributed by atoms with Crippen molar-refractivity contribution >= 4 is 57.9 Å². The van der Waals surface area contributed by atoms with Crippen LogP contribution < -0.4 is 16.4 Å². The van der Waals surface area contributed by atoms with Gasteiger partial charge in [0.1, 0.15) is 23.8 Å². The summed E-state index contributed by atoms with van der Waals surface area (Å²) in [5, 5.41) is 17.3. The van der Waals surface area contributed by atoms with Crippen molar-refractivity contribution in [1.29, 1.82) is 0 Å². The fraction of sp³-hybridized carbons (Fsp3) is 0.455. The number of amides is 4. The van der Waals surface area contributed by atoms with Gasteiger partial charge in [-0.15, -0.1) is 0 Å². The molecule has 0 saturated carbocycles. The molecule has 1 aromatic heterocycles. The van der Waals surface area contributed by atoms with Gasteiger partial charge in [0, 0.05) is 35.0 Å². The first-order chi connectivity index (χ1) is 21.7. The summed E-state index contributed by atoms with van der Waals surface area (Å²) in [7, 11) is 0. The lowest BCUT2D eigenvalue weighted by Gasteiger charge is -2.41. The average Bonchev–Trinajstić information content (AvgIpc) is 3.36. The van der Waals surface area contributed by atoms with E-state index in [9.17, 15) is 28.7 Å². The number of hydrogen-bond acceptors (Lipinski definition) is 4. The van der Waals surface area contributed by atoms with Crippen molar-refractivity contribution in [3.8, 4) is 0 Å². The fourth-order valence-corrected chi connectivity index (χ4v) is 6.67. The topological polar surface area (TPSA) is 158 Å². The molecule has 0 saturated heterocycles. The molecule has 0 bridgehead atoms. The first-order valence-corrected chi connectivity index (χ1v) is 16.0. The van der Waals surface area contributed by atoms with Gasteiger partial charge >= 0.3 is 6.09 Å². The molecular formula is C33H40Cl2FN5O5. The number of hydrogen-bond donors (Lipinski definition) is 5. The maximum absolute atomic E-state index is 14.9. The first-order valence-electron chi connectivity index (χ1n) is 15.3. The highest BCUT2D eigenvalue weighted by atomic mass is 35.5. The molecule has 4 rings (SSSR count). The Balaban J connectivity index is 1.81. The molecule has 3 unspecified atom stereocenters. The van der Waals surface area contributed by atoms with Gasteiger partial charge in [-0.05, 0) is 48.9 Å². The summed E-state index contributed by atoms with van der Waals surface area (Å²) in [5.74, 6) is -3.63. The second-order valence-electron chi connectivity index (χ2n) is 12.3. The summed E-state index contributed by atoms with van der Waals surface area (Å²) in [6, 6.07) is 9.42. The molecule has 46 heavy (non-hydrogen) atoms. The second kappa shape index (κ2) is 14.3. The van der Waals surface area contributed by atoms with Crippen molar-refractivity contribution in [2.24, 2.45) is 17.6 Å². The number of rotatable bonds is 12. The van der Waals surface area contributed by atoms with Crippen LogP contribution in [0.15, 0.2) is 42.5 Å². The van der Waals surface area contributed by atoms with Crippen molar-refractivity contribution in [2.45, 2.75) is 83.7 Å². The Morgan fingerprint density at radius 3 is 2.39 bits per heavy atom. The number of carbonyl (C=O) groups excluding carboxylic acids is 3. The molecule has 1 aliphatic rings. The van der Waals surface area contributed by atoms with Crippen molar-refractivity contribution in [3.63, 3.8) is 0 Å². The number of nitrogens with two attached hydrogens (primary N) is 1. The lowest BCUT2D eigenvalue weighted by Crippen LogP contribution is -2.67. The quantitative estimate of drug-likeness (QED) is 0.174. The van der Waals surface area contributed by atoms with Crippen LogP contribution in [0.4, 0.5) is 9.18 Å². The molecule has 2 aromatic carbocycles. The van der Waals surface area contributed by atoms with Crippen LogP contribution in [0, 0.1) is 11.8 Å². The second-order valence-corrected chi connectivity index (χ2v) is 13.1.